The number of esters is 2. The number of hydrogen-bond acceptors (Lipinski definition) is 5. The first-order chi connectivity index (χ1) is 20.1. The van der Waals surface area contributed by atoms with Gasteiger partial charge in [-0.1, -0.05) is 133 Å². The Kier molecular flexibility index (Phi) is 30.7. The van der Waals surface area contributed by atoms with E-state index in [9.17, 15) is 14.7 Å². The van der Waals surface area contributed by atoms with Gasteiger partial charge in [0.25, 0.3) is 0 Å². The summed E-state index contributed by atoms with van der Waals surface area (Å²) in [6.45, 7) is 3.96. The van der Waals surface area contributed by atoms with Crippen LogP contribution in [0.15, 0.2) is 48.6 Å². The lowest BCUT2D eigenvalue weighted by molar-refractivity contribution is -0.161. The van der Waals surface area contributed by atoms with Crippen molar-refractivity contribution in [3.63, 3.8) is 0 Å². The first-order valence-electron chi connectivity index (χ1n) is 16.7. The molecule has 1 atom stereocenters. The lowest BCUT2D eigenvalue weighted by atomic mass is 10.1. The lowest BCUT2D eigenvalue weighted by Gasteiger charge is -2.15. The molecule has 0 spiro atoms. The highest BCUT2D eigenvalue weighted by Gasteiger charge is 2.16. The van der Waals surface area contributed by atoms with Crippen LogP contribution >= 0.6 is 0 Å². The highest BCUT2D eigenvalue weighted by Crippen LogP contribution is 2.12. The van der Waals surface area contributed by atoms with Gasteiger partial charge in [0.05, 0.1) is 6.61 Å². The second kappa shape index (κ2) is 32.4. The summed E-state index contributed by atoms with van der Waals surface area (Å²) in [4.78, 5) is 24.0. The van der Waals surface area contributed by atoms with Crippen molar-refractivity contribution in [2.24, 2.45) is 0 Å². The molecule has 0 aromatic carbocycles. The van der Waals surface area contributed by atoms with Crippen LogP contribution in [0.5, 0.6) is 0 Å². The third kappa shape index (κ3) is 30.6. The topological polar surface area (TPSA) is 72.8 Å². The molecule has 0 bridgehead atoms. The van der Waals surface area contributed by atoms with Crippen molar-refractivity contribution in [2.75, 3.05) is 13.2 Å². The monoisotopic (exact) mass is 574 g/mol. The molecule has 5 nitrogen and oxygen atoms in total. The molecule has 0 aromatic heterocycles. The van der Waals surface area contributed by atoms with E-state index < -0.39 is 6.10 Å². The Balaban J connectivity index is 3.62. The van der Waals surface area contributed by atoms with E-state index in [2.05, 4.69) is 62.5 Å². The zero-order valence-corrected chi connectivity index (χ0v) is 26.5. The number of carbonyl (C=O) groups excluding carboxylic acids is 2. The zero-order valence-electron chi connectivity index (χ0n) is 26.5. The average molecular weight is 575 g/mol. The van der Waals surface area contributed by atoms with E-state index in [1.54, 1.807) is 0 Å². The molecule has 0 amide bonds. The highest BCUT2D eigenvalue weighted by molar-refractivity contribution is 5.70. The predicted molar refractivity (Wildman–Crippen MR) is 173 cm³/mol. The van der Waals surface area contributed by atoms with Gasteiger partial charge in [-0.05, 0) is 51.4 Å². The molecule has 0 rings (SSSR count). The number of rotatable bonds is 29. The van der Waals surface area contributed by atoms with Crippen LogP contribution in [-0.4, -0.2) is 36.4 Å². The van der Waals surface area contributed by atoms with Gasteiger partial charge in [0.2, 0.25) is 0 Å². The van der Waals surface area contributed by atoms with Gasteiger partial charge in [-0.15, -0.1) is 0 Å². The number of hydrogen-bond donors (Lipinski definition) is 1. The second-order valence-corrected chi connectivity index (χ2v) is 10.9. The molecule has 0 aromatic rings. The number of aliphatic hydroxyl groups is 1. The van der Waals surface area contributed by atoms with Crippen LogP contribution in [0.4, 0.5) is 0 Å². The third-order valence-corrected chi connectivity index (χ3v) is 6.89. The molecule has 41 heavy (non-hydrogen) atoms. The number of unbranched alkanes of at least 4 members (excludes halogenated alkanes) is 13. The van der Waals surface area contributed by atoms with E-state index in [1.807, 2.05) is 0 Å². The van der Waals surface area contributed by atoms with Crippen molar-refractivity contribution in [2.45, 2.75) is 155 Å². The number of allylic oxidation sites excluding steroid dienone is 8. The molecule has 0 fully saturated rings. The Hall–Kier alpha value is -2.14. The summed E-state index contributed by atoms with van der Waals surface area (Å²) in [6.07, 6.45) is 38.8. The van der Waals surface area contributed by atoms with Crippen LogP contribution < -0.4 is 0 Å². The minimum atomic E-state index is -0.775. The first-order valence-corrected chi connectivity index (χ1v) is 16.7. The van der Waals surface area contributed by atoms with Gasteiger partial charge in [0.15, 0.2) is 6.10 Å². The van der Waals surface area contributed by atoms with Crippen LogP contribution in [0.1, 0.15) is 149 Å². The quantitative estimate of drug-likeness (QED) is 0.0547. The molecule has 0 saturated heterocycles. The Morgan fingerprint density at radius 3 is 1.59 bits per heavy atom. The predicted octanol–water partition coefficient (Wildman–Crippen LogP) is 9.89. The van der Waals surface area contributed by atoms with Crippen molar-refractivity contribution >= 4 is 11.9 Å². The molecule has 236 valence electrons. The fourth-order valence-electron chi connectivity index (χ4n) is 4.37. The molecule has 0 aliphatic heterocycles. The lowest BCUT2D eigenvalue weighted by Crippen LogP contribution is -2.28. The van der Waals surface area contributed by atoms with Gasteiger partial charge in [-0.3, -0.25) is 9.59 Å². The van der Waals surface area contributed by atoms with Crippen LogP contribution in [-0.2, 0) is 19.1 Å². The van der Waals surface area contributed by atoms with Gasteiger partial charge >= 0.3 is 11.9 Å². The zero-order chi connectivity index (χ0) is 30.1. The summed E-state index contributed by atoms with van der Waals surface area (Å²) in [5.41, 5.74) is 0. The van der Waals surface area contributed by atoms with Gasteiger partial charge < -0.3 is 14.6 Å². The van der Waals surface area contributed by atoms with E-state index in [0.29, 0.717) is 12.8 Å². The molecular formula is C36H62O5. The average Bonchev–Trinajstić information content (AvgIpc) is 2.97. The maximum absolute atomic E-state index is 12.1. The van der Waals surface area contributed by atoms with E-state index in [1.165, 1.54) is 51.4 Å². The van der Waals surface area contributed by atoms with E-state index >= 15 is 0 Å². The molecule has 0 radical (unpaired) electrons. The van der Waals surface area contributed by atoms with Gasteiger partial charge in [0.1, 0.15) is 6.61 Å². The minimum absolute atomic E-state index is 0.0721. The maximum Gasteiger partial charge on any atom is 0.306 e. The summed E-state index contributed by atoms with van der Waals surface area (Å²) < 4.78 is 10.5. The Morgan fingerprint density at radius 2 is 1.05 bits per heavy atom. The van der Waals surface area contributed by atoms with Gasteiger partial charge in [0, 0.05) is 12.8 Å². The van der Waals surface area contributed by atoms with Crippen LogP contribution in [0.2, 0.25) is 0 Å². The fourth-order valence-corrected chi connectivity index (χ4v) is 4.37. The Labute approximate surface area is 252 Å². The van der Waals surface area contributed by atoms with Crippen molar-refractivity contribution in [3.8, 4) is 0 Å². The molecule has 0 aliphatic rings. The summed E-state index contributed by atoms with van der Waals surface area (Å²) in [6, 6.07) is 0. The third-order valence-electron chi connectivity index (χ3n) is 6.89. The number of ether oxygens (including phenoxy) is 2. The molecule has 0 heterocycles. The fraction of sp³-hybridized carbons (Fsp3) is 0.722. The number of aliphatic hydroxyl groups excluding tert-OH is 1. The molecular weight excluding hydrogens is 512 g/mol. The Morgan fingerprint density at radius 1 is 0.585 bits per heavy atom. The van der Waals surface area contributed by atoms with E-state index in [-0.39, 0.29) is 25.2 Å². The normalized spacial score (nSPS) is 12.8. The molecule has 5 heteroatoms. The first kappa shape index (κ1) is 38.9. The summed E-state index contributed by atoms with van der Waals surface area (Å²) in [5, 5.41) is 9.48. The van der Waals surface area contributed by atoms with Crippen molar-refractivity contribution in [1.82, 2.24) is 0 Å². The smallest absolute Gasteiger partial charge is 0.306 e. The van der Waals surface area contributed by atoms with Gasteiger partial charge in [-0.2, -0.15) is 0 Å². The Bertz CT molecular complexity index is 707. The van der Waals surface area contributed by atoms with Crippen molar-refractivity contribution < 1.29 is 24.2 Å². The van der Waals surface area contributed by atoms with Crippen LogP contribution in [0.25, 0.3) is 0 Å². The standard InChI is InChI=1S/C36H62O5/c1-3-5-7-9-11-13-14-15-16-17-18-19-20-21-22-23-25-27-29-31-36(39)41-34(32-37)33-40-35(38)30-28-26-24-12-10-8-6-4-2/h5,7,11,13,15-16,18-19,34,37H,3-4,6,8-10,12,14,17,20-33H2,1-2H3/b7-5-,13-11-,16-15-,19-18-. The number of carbonyl (C=O) groups is 2. The minimum Gasteiger partial charge on any atom is -0.462 e. The molecule has 0 aliphatic carbocycles. The molecule has 1 N–H and O–H groups in total. The van der Waals surface area contributed by atoms with Crippen molar-refractivity contribution in [3.05, 3.63) is 48.6 Å². The van der Waals surface area contributed by atoms with Gasteiger partial charge in [-0.25, -0.2) is 0 Å². The summed E-state index contributed by atoms with van der Waals surface area (Å²) in [7, 11) is 0. The molecule has 1 unspecified atom stereocenters. The highest BCUT2D eigenvalue weighted by atomic mass is 16.6. The van der Waals surface area contributed by atoms with Crippen molar-refractivity contribution in [1.29, 1.82) is 0 Å². The summed E-state index contributed by atoms with van der Waals surface area (Å²) in [5.74, 6) is -0.616. The van der Waals surface area contributed by atoms with E-state index in [0.717, 1.165) is 70.6 Å². The second-order valence-electron chi connectivity index (χ2n) is 10.9. The van der Waals surface area contributed by atoms with Crippen LogP contribution in [0.3, 0.4) is 0 Å². The largest absolute Gasteiger partial charge is 0.462 e. The SMILES string of the molecule is CC/C=C\C/C=C\C/C=C\C/C=C\CCCCCCCCC(=O)OC(CO)COC(=O)CCCCCCCCCC. The van der Waals surface area contributed by atoms with E-state index in [4.69, 9.17) is 9.47 Å². The molecule has 0 saturated carbocycles. The van der Waals surface area contributed by atoms with Crippen LogP contribution in [0, 0.1) is 0 Å². The maximum atomic E-state index is 12.1. The summed E-state index contributed by atoms with van der Waals surface area (Å²) >= 11 is 0.